The maximum absolute atomic E-state index is 11.8. The van der Waals surface area contributed by atoms with Crippen molar-refractivity contribution in [1.29, 1.82) is 5.26 Å². The summed E-state index contributed by atoms with van der Waals surface area (Å²) in [6.07, 6.45) is 2.05. The Morgan fingerprint density at radius 1 is 1.50 bits per heavy atom. The van der Waals surface area contributed by atoms with Gasteiger partial charge in [0.25, 0.3) is 0 Å². The molecule has 2 rings (SSSR count). The molecule has 0 unspecified atom stereocenters. The van der Waals surface area contributed by atoms with Gasteiger partial charge >= 0.3 is 0 Å². The summed E-state index contributed by atoms with van der Waals surface area (Å²) in [5.74, 6) is 0.472. The molecule has 0 aliphatic carbocycles. The van der Waals surface area contributed by atoms with Crippen LogP contribution in [-0.4, -0.2) is 11.7 Å². The lowest BCUT2D eigenvalue weighted by atomic mass is 10.2. The molecule has 1 aromatic heterocycles. The zero-order valence-corrected chi connectivity index (χ0v) is 10.6. The Morgan fingerprint density at radius 2 is 2.28 bits per heavy atom. The van der Waals surface area contributed by atoms with Gasteiger partial charge < -0.3 is 9.30 Å². The number of methoxy groups -OCH3 is 1. The van der Waals surface area contributed by atoms with Crippen molar-refractivity contribution in [2.75, 3.05) is 7.11 Å². The standard InChI is InChI=1S/C13H11ClN2O2/c1-18-13-7-9-11(8-10(13)14)16(5-2-4-15)6-3-12(9)17/h3,6-8H,2,5H2,1H3. The van der Waals surface area contributed by atoms with Gasteiger partial charge in [0.1, 0.15) is 5.75 Å². The third kappa shape index (κ3) is 2.18. The molecule has 0 radical (unpaired) electrons. The molecule has 5 heteroatoms. The van der Waals surface area contributed by atoms with E-state index in [1.54, 1.807) is 18.3 Å². The zero-order valence-electron chi connectivity index (χ0n) is 9.81. The van der Waals surface area contributed by atoms with E-state index in [1.165, 1.54) is 13.2 Å². The number of aromatic nitrogens is 1. The van der Waals surface area contributed by atoms with Crippen LogP contribution < -0.4 is 10.2 Å². The fourth-order valence-corrected chi connectivity index (χ4v) is 2.06. The topological polar surface area (TPSA) is 55.0 Å². The fourth-order valence-electron chi connectivity index (χ4n) is 1.83. The van der Waals surface area contributed by atoms with Crippen LogP contribution in [0.15, 0.2) is 29.2 Å². The number of ether oxygens (including phenoxy) is 1. The summed E-state index contributed by atoms with van der Waals surface area (Å²) in [4.78, 5) is 11.8. The largest absolute Gasteiger partial charge is 0.495 e. The van der Waals surface area contributed by atoms with Gasteiger partial charge in [-0.15, -0.1) is 0 Å². The third-order valence-corrected chi connectivity index (χ3v) is 3.01. The van der Waals surface area contributed by atoms with Crippen LogP contribution in [0.4, 0.5) is 0 Å². The van der Waals surface area contributed by atoms with E-state index in [2.05, 4.69) is 6.07 Å². The lowest BCUT2D eigenvalue weighted by molar-refractivity contribution is 0.415. The molecule has 2 aromatic rings. The molecule has 0 saturated heterocycles. The second-order valence-electron chi connectivity index (χ2n) is 3.79. The first-order valence-corrected chi connectivity index (χ1v) is 5.79. The minimum Gasteiger partial charge on any atom is -0.495 e. The van der Waals surface area contributed by atoms with Crippen molar-refractivity contribution in [3.05, 3.63) is 39.6 Å². The average Bonchev–Trinajstić information content (AvgIpc) is 2.37. The normalized spacial score (nSPS) is 10.3. The smallest absolute Gasteiger partial charge is 0.189 e. The van der Waals surface area contributed by atoms with Gasteiger partial charge in [-0.25, -0.2) is 0 Å². The van der Waals surface area contributed by atoms with Crippen LogP contribution in [0.25, 0.3) is 10.9 Å². The molecule has 0 saturated carbocycles. The summed E-state index contributed by atoms with van der Waals surface area (Å²) in [6.45, 7) is 0.524. The third-order valence-electron chi connectivity index (χ3n) is 2.72. The lowest BCUT2D eigenvalue weighted by Crippen LogP contribution is -2.08. The number of fused-ring (bicyclic) bond motifs is 1. The van der Waals surface area contributed by atoms with Gasteiger partial charge in [0.15, 0.2) is 5.43 Å². The zero-order chi connectivity index (χ0) is 13.1. The van der Waals surface area contributed by atoms with Gasteiger partial charge in [-0.3, -0.25) is 4.79 Å². The molecular formula is C13H11ClN2O2. The monoisotopic (exact) mass is 262 g/mol. The predicted molar refractivity (Wildman–Crippen MR) is 70.0 cm³/mol. The van der Waals surface area contributed by atoms with Crippen molar-refractivity contribution in [3.8, 4) is 11.8 Å². The van der Waals surface area contributed by atoms with E-state index in [0.717, 1.165) is 0 Å². The molecule has 0 aliphatic heterocycles. The Bertz CT molecular complexity index is 686. The molecule has 4 nitrogen and oxygen atoms in total. The van der Waals surface area contributed by atoms with E-state index in [9.17, 15) is 4.79 Å². The van der Waals surface area contributed by atoms with Gasteiger partial charge in [0.2, 0.25) is 0 Å². The quantitative estimate of drug-likeness (QED) is 0.854. The Labute approximate surface area is 109 Å². The number of pyridine rings is 1. The van der Waals surface area contributed by atoms with Gasteiger partial charge in [-0.05, 0) is 12.1 Å². The van der Waals surface area contributed by atoms with Gasteiger partial charge in [-0.1, -0.05) is 11.6 Å². The summed E-state index contributed by atoms with van der Waals surface area (Å²) < 4.78 is 6.94. The van der Waals surface area contributed by atoms with E-state index in [1.807, 2.05) is 4.57 Å². The fraction of sp³-hybridized carbons (Fsp3) is 0.231. The van der Waals surface area contributed by atoms with E-state index in [0.29, 0.717) is 34.6 Å². The minimum absolute atomic E-state index is 0.0897. The molecule has 92 valence electrons. The molecular weight excluding hydrogens is 252 g/mol. The Morgan fingerprint density at radius 3 is 2.94 bits per heavy atom. The lowest BCUT2D eigenvalue weighted by Gasteiger charge is -2.11. The number of hydrogen-bond acceptors (Lipinski definition) is 3. The number of benzene rings is 1. The van der Waals surface area contributed by atoms with Crippen LogP contribution >= 0.6 is 11.6 Å². The minimum atomic E-state index is -0.0897. The van der Waals surface area contributed by atoms with Gasteiger partial charge in [-0.2, -0.15) is 5.26 Å². The van der Waals surface area contributed by atoms with Crippen LogP contribution in [0.5, 0.6) is 5.75 Å². The highest BCUT2D eigenvalue weighted by Gasteiger charge is 2.08. The first kappa shape index (κ1) is 12.5. The van der Waals surface area contributed by atoms with E-state index in [-0.39, 0.29) is 5.43 Å². The SMILES string of the molecule is COc1cc2c(=O)ccn(CCC#N)c2cc1Cl. The second kappa shape index (κ2) is 5.11. The maximum Gasteiger partial charge on any atom is 0.189 e. The number of aryl methyl sites for hydroxylation is 1. The number of hydrogen-bond donors (Lipinski definition) is 0. The molecule has 0 amide bonds. The van der Waals surface area contributed by atoms with Crippen LogP contribution in [0.1, 0.15) is 6.42 Å². The van der Waals surface area contributed by atoms with E-state index < -0.39 is 0 Å². The maximum atomic E-state index is 11.8. The Hall–Kier alpha value is -1.99. The number of nitrogens with zero attached hydrogens (tertiary/aromatic N) is 2. The molecule has 0 N–H and O–H groups in total. The molecule has 0 bridgehead atoms. The van der Waals surface area contributed by atoms with Crippen LogP contribution in [0, 0.1) is 11.3 Å². The number of halogens is 1. The Balaban J connectivity index is 2.70. The molecule has 18 heavy (non-hydrogen) atoms. The van der Waals surface area contributed by atoms with Crippen molar-refractivity contribution in [2.24, 2.45) is 0 Å². The van der Waals surface area contributed by atoms with Crippen molar-refractivity contribution in [3.63, 3.8) is 0 Å². The summed E-state index contributed by atoms with van der Waals surface area (Å²) >= 11 is 6.06. The molecule has 0 fully saturated rings. The van der Waals surface area contributed by atoms with Crippen molar-refractivity contribution >= 4 is 22.5 Å². The van der Waals surface area contributed by atoms with Crippen LogP contribution in [0.3, 0.4) is 0 Å². The van der Waals surface area contributed by atoms with Crippen LogP contribution in [-0.2, 0) is 6.54 Å². The highest BCUT2D eigenvalue weighted by molar-refractivity contribution is 6.32. The molecule has 0 aliphatic rings. The first-order chi connectivity index (χ1) is 8.67. The van der Waals surface area contributed by atoms with Crippen LogP contribution in [0.2, 0.25) is 5.02 Å². The summed E-state index contributed by atoms with van der Waals surface area (Å²) in [5, 5.41) is 9.60. The number of nitriles is 1. The van der Waals surface area contributed by atoms with Crippen molar-refractivity contribution in [2.45, 2.75) is 13.0 Å². The first-order valence-electron chi connectivity index (χ1n) is 5.41. The average molecular weight is 263 g/mol. The van der Waals surface area contributed by atoms with Crippen molar-refractivity contribution < 1.29 is 4.74 Å². The van der Waals surface area contributed by atoms with Crippen molar-refractivity contribution in [1.82, 2.24) is 4.57 Å². The van der Waals surface area contributed by atoms with E-state index in [4.69, 9.17) is 21.6 Å². The summed E-state index contributed by atoms with van der Waals surface area (Å²) in [6, 6.07) is 6.87. The molecule has 1 aromatic carbocycles. The molecule has 0 spiro atoms. The molecule has 1 heterocycles. The summed E-state index contributed by atoms with van der Waals surface area (Å²) in [5.41, 5.74) is 0.622. The second-order valence-corrected chi connectivity index (χ2v) is 4.19. The highest BCUT2D eigenvalue weighted by atomic mass is 35.5. The summed E-state index contributed by atoms with van der Waals surface area (Å²) in [7, 11) is 1.50. The van der Waals surface area contributed by atoms with E-state index >= 15 is 0 Å². The van der Waals surface area contributed by atoms with Gasteiger partial charge in [0.05, 0.1) is 30.1 Å². The number of rotatable bonds is 3. The predicted octanol–water partition coefficient (Wildman–Crippen LogP) is 2.58. The van der Waals surface area contributed by atoms with Gasteiger partial charge in [0, 0.05) is 24.2 Å². The Kier molecular flexibility index (Phi) is 3.54. The highest BCUT2D eigenvalue weighted by Crippen LogP contribution is 2.28. The molecule has 0 atom stereocenters.